The molecule has 1 amide bonds. The largest absolute Gasteiger partial charge is 0.463 e. The van der Waals surface area contributed by atoms with Gasteiger partial charge in [-0.3, -0.25) is 4.79 Å². The summed E-state index contributed by atoms with van der Waals surface area (Å²) in [5.74, 6) is 0.0721. The van der Waals surface area contributed by atoms with E-state index in [2.05, 4.69) is 10.3 Å². The predicted molar refractivity (Wildman–Crippen MR) is 115 cm³/mol. The third-order valence-corrected chi connectivity index (χ3v) is 6.53. The summed E-state index contributed by atoms with van der Waals surface area (Å²) in [7, 11) is 1.79. The van der Waals surface area contributed by atoms with Crippen LogP contribution in [-0.2, 0) is 16.6 Å². The number of halogens is 2. The molecule has 1 aromatic heterocycles. The standard InChI is InChI=1S/C23H25ClFN3O3/c1-3-31-20(29)8-13-6-14-9-16(10-15(14)7-13)21-22(28(2)12-26-21)23(30)27-17-4-5-19(25)18(24)11-17/h4-5,8,11-12,14-16H,3,6-7,9-10H2,1-2H3,(H,27,30). The summed E-state index contributed by atoms with van der Waals surface area (Å²) in [6, 6.07) is 4.09. The van der Waals surface area contributed by atoms with Crippen LogP contribution in [0.3, 0.4) is 0 Å². The maximum atomic E-state index is 13.4. The molecule has 2 aliphatic rings. The zero-order valence-electron chi connectivity index (χ0n) is 17.5. The molecule has 4 rings (SSSR count). The number of hydrogen-bond donors (Lipinski definition) is 1. The average molecular weight is 446 g/mol. The van der Waals surface area contributed by atoms with E-state index in [1.807, 2.05) is 0 Å². The van der Waals surface area contributed by atoms with Crippen molar-refractivity contribution in [3.05, 3.63) is 58.4 Å². The number of esters is 1. The Morgan fingerprint density at radius 2 is 2.03 bits per heavy atom. The summed E-state index contributed by atoms with van der Waals surface area (Å²) in [6.07, 6.45) is 6.95. The topological polar surface area (TPSA) is 73.2 Å². The molecule has 1 heterocycles. The smallest absolute Gasteiger partial charge is 0.330 e. The quantitative estimate of drug-likeness (QED) is 0.527. The van der Waals surface area contributed by atoms with Gasteiger partial charge in [0.15, 0.2) is 0 Å². The van der Waals surface area contributed by atoms with Crippen molar-refractivity contribution in [3.63, 3.8) is 0 Å². The van der Waals surface area contributed by atoms with Crippen LogP contribution in [0.1, 0.15) is 54.7 Å². The number of benzene rings is 1. The lowest BCUT2D eigenvalue weighted by Crippen LogP contribution is -2.18. The minimum Gasteiger partial charge on any atom is -0.463 e. The van der Waals surface area contributed by atoms with Crippen LogP contribution in [0.15, 0.2) is 36.2 Å². The average Bonchev–Trinajstić information content (AvgIpc) is 3.37. The first-order valence-electron chi connectivity index (χ1n) is 10.5. The number of aromatic nitrogens is 2. The Labute approximate surface area is 185 Å². The van der Waals surface area contributed by atoms with E-state index < -0.39 is 5.82 Å². The monoisotopic (exact) mass is 445 g/mol. The summed E-state index contributed by atoms with van der Waals surface area (Å²) < 4.78 is 20.1. The maximum absolute atomic E-state index is 13.4. The van der Waals surface area contributed by atoms with Gasteiger partial charge in [-0.1, -0.05) is 17.2 Å². The van der Waals surface area contributed by atoms with E-state index in [0.29, 0.717) is 29.8 Å². The van der Waals surface area contributed by atoms with Gasteiger partial charge in [-0.05, 0) is 62.6 Å². The van der Waals surface area contributed by atoms with Crippen LogP contribution in [0.5, 0.6) is 0 Å². The van der Waals surface area contributed by atoms with Gasteiger partial charge in [0, 0.05) is 24.7 Å². The van der Waals surface area contributed by atoms with Gasteiger partial charge in [0.05, 0.1) is 23.7 Å². The molecule has 2 saturated carbocycles. The van der Waals surface area contributed by atoms with Gasteiger partial charge in [0.1, 0.15) is 11.5 Å². The molecule has 164 valence electrons. The number of nitrogens with one attached hydrogen (secondary N) is 1. The molecule has 2 aromatic rings. The Morgan fingerprint density at radius 1 is 1.32 bits per heavy atom. The first-order valence-corrected chi connectivity index (χ1v) is 10.9. The van der Waals surface area contributed by atoms with Crippen molar-refractivity contribution >= 4 is 29.2 Å². The minimum atomic E-state index is -0.533. The lowest BCUT2D eigenvalue weighted by molar-refractivity contribution is -0.137. The second-order valence-corrected chi connectivity index (χ2v) is 8.73. The summed E-state index contributed by atoms with van der Waals surface area (Å²) in [4.78, 5) is 29.3. The van der Waals surface area contributed by atoms with Gasteiger partial charge >= 0.3 is 5.97 Å². The zero-order valence-corrected chi connectivity index (χ0v) is 18.3. The fraction of sp³-hybridized carbons (Fsp3) is 0.435. The van der Waals surface area contributed by atoms with Crippen LogP contribution in [0.4, 0.5) is 10.1 Å². The van der Waals surface area contributed by atoms with E-state index in [0.717, 1.165) is 37.0 Å². The molecule has 0 radical (unpaired) electrons. The van der Waals surface area contributed by atoms with E-state index in [1.54, 1.807) is 30.9 Å². The lowest BCUT2D eigenvalue weighted by atomic mass is 9.96. The van der Waals surface area contributed by atoms with Crippen LogP contribution < -0.4 is 5.32 Å². The molecule has 0 aliphatic heterocycles. The molecule has 2 fully saturated rings. The van der Waals surface area contributed by atoms with E-state index in [4.69, 9.17) is 16.3 Å². The predicted octanol–water partition coefficient (Wildman–Crippen LogP) is 4.86. The molecule has 2 unspecified atom stereocenters. The number of ether oxygens (including phenoxy) is 1. The SMILES string of the molecule is CCOC(=O)C=C1CC2CC(c3ncn(C)c3C(=O)Nc3ccc(F)c(Cl)c3)CC2C1. The number of carbonyl (C=O) groups is 2. The molecule has 6 nitrogen and oxygen atoms in total. The Hall–Kier alpha value is -2.67. The summed E-state index contributed by atoms with van der Waals surface area (Å²) in [6.45, 7) is 2.18. The Bertz CT molecular complexity index is 1030. The summed E-state index contributed by atoms with van der Waals surface area (Å²) >= 11 is 5.83. The number of amides is 1. The van der Waals surface area contributed by atoms with Crippen LogP contribution in [0, 0.1) is 17.7 Å². The van der Waals surface area contributed by atoms with Crippen molar-refractivity contribution in [1.82, 2.24) is 9.55 Å². The van der Waals surface area contributed by atoms with Gasteiger partial charge in [-0.2, -0.15) is 0 Å². The number of carbonyl (C=O) groups excluding carboxylic acids is 2. The number of fused-ring (bicyclic) bond motifs is 1. The molecular formula is C23H25ClFN3O3. The summed E-state index contributed by atoms with van der Waals surface area (Å²) in [5, 5.41) is 2.75. The van der Waals surface area contributed by atoms with Gasteiger partial charge in [0.25, 0.3) is 5.91 Å². The number of hydrogen-bond acceptors (Lipinski definition) is 4. The molecule has 0 spiro atoms. The van der Waals surface area contributed by atoms with Crippen molar-refractivity contribution < 1.29 is 18.7 Å². The van der Waals surface area contributed by atoms with Crippen molar-refractivity contribution in [1.29, 1.82) is 0 Å². The summed E-state index contributed by atoms with van der Waals surface area (Å²) in [5.41, 5.74) is 2.88. The molecule has 2 atom stereocenters. The second kappa shape index (κ2) is 8.83. The molecule has 31 heavy (non-hydrogen) atoms. The highest BCUT2D eigenvalue weighted by atomic mass is 35.5. The fourth-order valence-corrected chi connectivity index (χ4v) is 5.13. The van der Waals surface area contributed by atoms with E-state index in [-0.39, 0.29) is 22.8 Å². The lowest BCUT2D eigenvalue weighted by Gasteiger charge is -2.13. The molecule has 1 N–H and O–H groups in total. The highest BCUT2D eigenvalue weighted by Crippen LogP contribution is 2.52. The fourth-order valence-electron chi connectivity index (χ4n) is 4.95. The molecule has 2 aliphatic carbocycles. The number of allylic oxidation sites excluding steroid dienone is 1. The normalized spacial score (nSPS) is 22.3. The zero-order chi connectivity index (χ0) is 22.1. The number of nitrogens with zero attached hydrogens (tertiary/aromatic N) is 2. The van der Waals surface area contributed by atoms with Crippen LogP contribution in [-0.4, -0.2) is 28.0 Å². The van der Waals surface area contributed by atoms with Crippen molar-refractivity contribution in [2.24, 2.45) is 18.9 Å². The van der Waals surface area contributed by atoms with Gasteiger partial charge in [-0.25, -0.2) is 14.2 Å². The maximum Gasteiger partial charge on any atom is 0.330 e. The van der Waals surface area contributed by atoms with E-state index in [1.165, 1.54) is 18.2 Å². The molecule has 0 bridgehead atoms. The molecule has 8 heteroatoms. The Balaban J connectivity index is 1.46. The number of imidazole rings is 1. The van der Waals surface area contributed by atoms with Gasteiger partial charge < -0.3 is 14.6 Å². The highest BCUT2D eigenvalue weighted by Gasteiger charge is 2.42. The molecule has 0 saturated heterocycles. The van der Waals surface area contributed by atoms with Crippen LogP contribution in [0.2, 0.25) is 5.02 Å². The Morgan fingerprint density at radius 3 is 2.68 bits per heavy atom. The van der Waals surface area contributed by atoms with Gasteiger partial charge in [0.2, 0.25) is 0 Å². The second-order valence-electron chi connectivity index (χ2n) is 8.32. The number of anilines is 1. The minimum absolute atomic E-state index is 0.0432. The first kappa shape index (κ1) is 21.6. The van der Waals surface area contributed by atoms with Crippen LogP contribution >= 0.6 is 11.6 Å². The third-order valence-electron chi connectivity index (χ3n) is 6.24. The first-order chi connectivity index (χ1) is 14.9. The van der Waals surface area contributed by atoms with E-state index in [9.17, 15) is 14.0 Å². The van der Waals surface area contributed by atoms with Crippen molar-refractivity contribution in [3.8, 4) is 0 Å². The number of rotatable bonds is 5. The highest BCUT2D eigenvalue weighted by molar-refractivity contribution is 6.31. The Kier molecular flexibility index (Phi) is 6.14. The number of aryl methyl sites for hydroxylation is 1. The molecular weight excluding hydrogens is 421 g/mol. The third kappa shape index (κ3) is 4.51. The van der Waals surface area contributed by atoms with Crippen molar-refractivity contribution in [2.75, 3.05) is 11.9 Å². The van der Waals surface area contributed by atoms with Crippen LogP contribution in [0.25, 0.3) is 0 Å². The van der Waals surface area contributed by atoms with Gasteiger partial charge in [-0.15, -0.1) is 0 Å². The van der Waals surface area contributed by atoms with E-state index >= 15 is 0 Å². The molecule has 1 aromatic carbocycles. The van der Waals surface area contributed by atoms with Crippen molar-refractivity contribution in [2.45, 2.75) is 38.5 Å².